The van der Waals surface area contributed by atoms with Crippen molar-refractivity contribution in [2.24, 2.45) is 0 Å². The highest BCUT2D eigenvalue weighted by atomic mass is 16.7. The number of epoxide rings is 2. The minimum atomic E-state index is -0.442. The van der Waals surface area contributed by atoms with Crippen molar-refractivity contribution in [2.45, 2.75) is 25.0 Å². The molecule has 46 heavy (non-hydrogen) atoms. The Hall–Kier alpha value is -4.61. The van der Waals surface area contributed by atoms with E-state index in [0.717, 1.165) is 35.5 Å². The van der Waals surface area contributed by atoms with E-state index in [-0.39, 0.29) is 38.5 Å². The van der Waals surface area contributed by atoms with Gasteiger partial charge in [-0.2, -0.15) is 0 Å². The summed E-state index contributed by atoms with van der Waals surface area (Å²) >= 11 is 0. The van der Waals surface area contributed by atoms with Gasteiger partial charge < -0.3 is 42.6 Å². The van der Waals surface area contributed by atoms with Gasteiger partial charge in [0.15, 0.2) is 13.6 Å². The maximum Gasteiger partial charge on any atom is 0.343 e. The van der Waals surface area contributed by atoms with Crippen molar-refractivity contribution in [3.63, 3.8) is 0 Å². The zero-order valence-corrected chi connectivity index (χ0v) is 25.3. The molecule has 2 aliphatic heterocycles. The highest BCUT2D eigenvalue weighted by Gasteiger charge is 2.27. The lowest BCUT2D eigenvalue weighted by atomic mass is 9.99. The maximum absolute atomic E-state index is 12.9. The summed E-state index contributed by atoms with van der Waals surface area (Å²) in [5.74, 6) is 2.80. The molecule has 0 amide bonds. The molecule has 10 nitrogen and oxygen atoms in total. The van der Waals surface area contributed by atoms with E-state index in [1.165, 1.54) is 0 Å². The molecule has 7 rings (SSSR count). The third-order valence-electron chi connectivity index (χ3n) is 7.87. The van der Waals surface area contributed by atoms with Crippen LogP contribution >= 0.6 is 0 Å². The Kier molecular flexibility index (Phi) is 9.02. The van der Waals surface area contributed by atoms with E-state index in [4.69, 9.17) is 42.6 Å². The van der Waals surface area contributed by atoms with Gasteiger partial charge in [0, 0.05) is 5.92 Å². The fourth-order valence-corrected chi connectivity index (χ4v) is 5.17. The summed E-state index contributed by atoms with van der Waals surface area (Å²) < 4.78 is 49.5. The first kappa shape index (κ1) is 30.1. The second-order valence-corrected chi connectivity index (χ2v) is 11.2. The van der Waals surface area contributed by atoms with Crippen LogP contribution in [0.25, 0.3) is 11.1 Å². The molecule has 0 radical (unpaired) electrons. The highest BCUT2D eigenvalue weighted by molar-refractivity contribution is 5.91. The number of fused-ring (bicyclic) bond motifs is 3. The number of ether oxygens (including phenoxy) is 9. The van der Waals surface area contributed by atoms with Crippen LogP contribution in [0.15, 0.2) is 84.9 Å². The molecule has 238 valence electrons. The van der Waals surface area contributed by atoms with Gasteiger partial charge in [0.05, 0.1) is 32.0 Å². The van der Waals surface area contributed by atoms with Crippen LogP contribution in [-0.2, 0) is 18.9 Å². The molecule has 0 N–H and O–H groups in total. The molecule has 0 bridgehead atoms. The van der Waals surface area contributed by atoms with E-state index in [9.17, 15) is 4.79 Å². The molecule has 4 aromatic carbocycles. The summed E-state index contributed by atoms with van der Waals surface area (Å²) in [5.41, 5.74) is 4.88. The number of carbonyl (C=O) groups is 1. The Morgan fingerprint density at radius 2 is 1.04 bits per heavy atom. The number of rotatable bonds is 16. The molecule has 10 heteroatoms. The van der Waals surface area contributed by atoms with Crippen LogP contribution in [0.3, 0.4) is 0 Å². The third-order valence-corrected chi connectivity index (χ3v) is 7.87. The fraction of sp³-hybridized carbons (Fsp3) is 0.306. The van der Waals surface area contributed by atoms with Crippen molar-refractivity contribution in [1.82, 2.24) is 0 Å². The van der Waals surface area contributed by atoms with Gasteiger partial charge >= 0.3 is 5.97 Å². The van der Waals surface area contributed by atoms with E-state index in [1.807, 2.05) is 54.6 Å². The van der Waals surface area contributed by atoms with Crippen LogP contribution in [0.1, 0.15) is 34.3 Å². The van der Waals surface area contributed by atoms with E-state index in [0.29, 0.717) is 47.5 Å². The maximum atomic E-state index is 12.9. The molecule has 0 aromatic heterocycles. The molecule has 3 atom stereocenters. The van der Waals surface area contributed by atoms with Gasteiger partial charge in [0.2, 0.25) is 6.79 Å². The van der Waals surface area contributed by atoms with Crippen LogP contribution < -0.4 is 23.7 Å². The molecule has 3 unspecified atom stereocenters. The predicted octanol–water partition coefficient (Wildman–Crippen LogP) is 5.96. The lowest BCUT2D eigenvalue weighted by molar-refractivity contribution is 0.00806. The molecule has 2 saturated heterocycles. The normalized spacial score (nSPS) is 18.7. The van der Waals surface area contributed by atoms with E-state index in [1.54, 1.807) is 24.3 Å². The number of benzene rings is 4. The lowest BCUT2D eigenvalue weighted by Gasteiger charge is -2.12. The minimum Gasteiger partial charge on any atom is -0.468 e. The molecule has 0 saturated carbocycles. The van der Waals surface area contributed by atoms with Crippen molar-refractivity contribution >= 4 is 5.97 Å². The fourth-order valence-electron chi connectivity index (χ4n) is 5.17. The second kappa shape index (κ2) is 13.8. The zero-order valence-electron chi connectivity index (χ0n) is 25.3. The lowest BCUT2D eigenvalue weighted by Crippen LogP contribution is -2.10. The Morgan fingerprint density at radius 3 is 1.59 bits per heavy atom. The molecule has 2 fully saturated rings. The summed E-state index contributed by atoms with van der Waals surface area (Å²) in [6.45, 7) is 5.04. The Balaban J connectivity index is 0.893. The average Bonchev–Trinajstić information content (AvgIpc) is 4.03. The molecule has 3 aliphatic rings. The quantitative estimate of drug-likeness (QED) is 0.0487. The average molecular weight is 627 g/mol. The summed E-state index contributed by atoms with van der Waals surface area (Å²) in [6.07, 6.45) is 0.397. The zero-order chi connectivity index (χ0) is 31.3. The van der Waals surface area contributed by atoms with Crippen LogP contribution in [0.5, 0.6) is 28.7 Å². The molecular formula is C36H34O10. The first-order valence-corrected chi connectivity index (χ1v) is 15.2. The summed E-state index contributed by atoms with van der Waals surface area (Å²) in [5, 5.41) is 0. The SMILES string of the molecule is CC1c2cc(OCOc3ccc(OCOCC4CO4)cc3)ccc2-c2ccc(OC(=O)c3ccc(OCOCC4CO4)cc3)cc21. The van der Waals surface area contributed by atoms with Gasteiger partial charge in [-0.3, -0.25) is 0 Å². The molecule has 2 heterocycles. The van der Waals surface area contributed by atoms with Gasteiger partial charge in [-0.15, -0.1) is 0 Å². The van der Waals surface area contributed by atoms with Crippen LogP contribution in [0.2, 0.25) is 0 Å². The first-order valence-electron chi connectivity index (χ1n) is 15.2. The van der Waals surface area contributed by atoms with E-state index >= 15 is 0 Å². The molecule has 1 aliphatic carbocycles. The number of esters is 1. The molecule has 4 aromatic rings. The van der Waals surface area contributed by atoms with Crippen LogP contribution in [0.4, 0.5) is 0 Å². The van der Waals surface area contributed by atoms with Crippen molar-refractivity contribution < 1.29 is 47.4 Å². The van der Waals surface area contributed by atoms with Gasteiger partial charge in [0.25, 0.3) is 0 Å². The smallest absolute Gasteiger partial charge is 0.343 e. The topological polar surface area (TPSA) is 107 Å². The van der Waals surface area contributed by atoms with Crippen molar-refractivity contribution in [1.29, 1.82) is 0 Å². The minimum absolute atomic E-state index is 0.0572. The number of carbonyl (C=O) groups excluding carboxylic acids is 1. The molecule has 0 spiro atoms. The third kappa shape index (κ3) is 7.60. The van der Waals surface area contributed by atoms with Crippen LogP contribution in [0, 0.1) is 0 Å². The largest absolute Gasteiger partial charge is 0.468 e. The Labute approximate surface area is 266 Å². The van der Waals surface area contributed by atoms with E-state index < -0.39 is 5.97 Å². The summed E-state index contributed by atoms with van der Waals surface area (Å²) in [6, 6.07) is 25.8. The Morgan fingerprint density at radius 1 is 0.609 bits per heavy atom. The van der Waals surface area contributed by atoms with Crippen molar-refractivity contribution in [2.75, 3.05) is 46.8 Å². The van der Waals surface area contributed by atoms with Crippen LogP contribution in [-0.4, -0.2) is 65.0 Å². The highest BCUT2D eigenvalue weighted by Crippen LogP contribution is 2.47. The first-order chi connectivity index (χ1) is 22.6. The summed E-state index contributed by atoms with van der Waals surface area (Å²) in [4.78, 5) is 12.9. The van der Waals surface area contributed by atoms with Gasteiger partial charge in [-0.1, -0.05) is 19.1 Å². The van der Waals surface area contributed by atoms with Crippen molar-refractivity contribution in [3.05, 3.63) is 102 Å². The second-order valence-electron chi connectivity index (χ2n) is 11.2. The van der Waals surface area contributed by atoms with Crippen molar-refractivity contribution in [3.8, 4) is 39.9 Å². The molecular weight excluding hydrogens is 592 g/mol. The van der Waals surface area contributed by atoms with E-state index in [2.05, 4.69) is 13.0 Å². The summed E-state index contributed by atoms with van der Waals surface area (Å²) in [7, 11) is 0. The standard InChI is InChI=1S/C36H34O10/c1-23-34-14-28(45-22-44-27-8-6-26(7-9-27)43-21-39-17-31-19-41-31)10-12-32(34)33-13-11-29(15-35(23)33)46-36(37)24-2-4-25(5-3-24)42-20-38-16-30-18-40-30/h2-15,23,30-31H,16-22H2,1H3. The van der Waals surface area contributed by atoms with Gasteiger partial charge in [-0.25, -0.2) is 4.79 Å². The van der Waals surface area contributed by atoms with Gasteiger partial charge in [0.1, 0.15) is 41.0 Å². The monoisotopic (exact) mass is 626 g/mol. The Bertz CT molecular complexity index is 1640. The predicted molar refractivity (Wildman–Crippen MR) is 166 cm³/mol. The van der Waals surface area contributed by atoms with Gasteiger partial charge in [-0.05, 0) is 95.1 Å². The number of hydrogen-bond donors (Lipinski definition) is 0. The number of hydrogen-bond acceptors (Lipinski definition) is 10.